The Morgan fingerprint density at radius 1 is 1.53 bits per heavy atom. The van der Waals surface area contributed by atoms with Gasteiger partial charge in [0.15, 0.2) is 5.82 Å². The number of hydrogen-bond acceptors (Lipinski definition) is 4. The van der Waals surface area contributed by atoms with Crippen LogP contribution in [0.2, 0.25) is 5.02 Å². The minimum atomic E-state index is -0.641. The van der Waals surface area contributed by atoms with Gasteiger partial charge >= 0.3 is 5.97 Å². The highest BCUT2D eigenvalue weighted by Gasteiger charge is 2.13. The summed E-state index contributed by atoms with van der Waals surface area (Å²) >= 11 is 5.55. The highest BCUT2D eigenvalue weighted by molar-refractivity contribution is 6.30. The van der Waals surface area contributed by atoms with E-state index >= 15 is 0 Å². The number of methoxy groups -OCH3 is 1. The largest absolute Gasteiger partial charge is 0.463 e. The first-order valence-electron chi connectivity index (χ1n) is 4.58. The van der Waals surface area contributed by atoms with Crippen LogP contribution in [0.3, 0.4) is 0 Å². The van der Waals surface area contributed by atoms with Crippen LogP contribution in [0.15, 0.2) is 18.2 Å². The fraction of sp³-hybridized carbons (Fsp3) is 0.100. The van der Waals surface area contributed by atoms with Crippen molar-refractivity contribution in [3.63, 3.8) is 0 Å². The molecule has 0 bridgehead atoms. The van der Waals surface area contributed by atoms with Gasteiger partial charge in [-0.25, -0.2) is 14.2 Å². The van der Waals surface area contributed by atoms with Crippen LogP contribution in [0.1, 0.15) is 10.6 Å². The Labute approximate surface area is 101 Å². The number of rotatable bonds is 2. The summed E-state index contributed by atoms with van der Waals surface area (Å²) in [7, 11) is 1.23. The molecule has 0 unspecified atom stereocenters. The molecule has 0 amide bonds. The van der Waals surface area contributed by atoms with E-state index in [1.807, 2.05) is 0 Å². The highest BCUT2D eigenvalue weighted by Crippen LogP contribution is 2.21. The number of aromatic amines is 1. The lowest BCUT2D eigenvalue weighted by Gasteiger charge is -1.96. The molecule has 0 saturated carbocycles. The van der Waals surface area contributed by atoms with Gasteiger partial charge in [-0.15, -0.1) is 0 Å². The molecule has 88 valence electrons. The Morgan fingerprint density at radius 2 is 2.29 bits per heavy atom. The lowest BCUT2D eigenvalue weighted by Crippen LogP contribution is -2.03. The van der Waals surface area contributed by atoms with Crippen molar-refractivity contribution in [3.05, 3.63) is 34.9 Å². The van der Waals surface area contributed by atoms with Crippen molar-refractivity contribution < 1.29 is 13.9 Å². The van der Waals surface area contributed by atoms with E-state index in [2.05, 4.69) is 19.9 Å². The quantitative estimate of drug-likeness (QED) is 0.834. The van der Waals surface area contributed by atoms with Gasteiger partial charge in [0.05, 0.1) is 12.1 Å². The number of nitrogens with one attached hydrogen (secondary N) is 1. The Bertz CT molecular complexity index is 570. The van der Waals surface area contributed by atoms with Crippen LogP contribution in [0.5, 0.6) is 0 Å². The van der Waals surface area contributed by atoms with Gasteiger partial charge in [0.2, 0.25) is 5.82 Å². The Balaban J connectivity index is 2.37. The fourth-order valence-electron chi connectivity index (χ4n) is 1.21. The molecule has 5 nitrogen and oxygen atoms in total. The third-order valence-corrected chi connectivity index (χ3v) is 2.35. The van der Waals surface area contributed by atoms with E-state index in [0.717, 1.165) is 0 Å². The standard InChI is InChI=1S/C10H7ClFN3O2/c1-17-10(16)9-13-8(14-15-9)5-2-3-6(11)7(12)4-5/h2-4H,1H3,(H,13,14,15). The topological polar surface area (TPSA) is 67.9 Å². The van der Waals surface area contributed by atoms with E-state index in [4.69, 9.17) is 11.6 Å². The summed E-state index contributed by atoms with van der Waals surface area (Å²) in [4.78, 5) is 15.0. The summed E-state index contributed by atoms with van der Waals surface area (Å²) in [6.07, 6.45) is 0. The van der Waals surface area contributed by atoms with Crippen LogP contribution in [0.25, 0.3) is 11.4 Å². The average Bonchev–Trinajstić information content (AvgIpc) is 2.81. The van der Waals surface area contributed by atoms with Gasteiger partial charge in [0.25, 0.3) is 0 Å². The van der Waals surface area contributed by atoms with E-state index in [0.29, 0.717) is 5.56 Å². The first-order valence-corrected chi connectivity index (χ1v) is 4.95. The number of aromatic nitrogens is 3. The summed E-state index contributed by atoms with van der Waals surface area (Å²) < 4.78 is 17.7. The van der Waals surface area contributed by atoms with Crippen molar-refractivity contribution in [3.8, 4) is 11.4 Å². The number of benzene rings is 1. The number of ether oxygens (including phenoxy) is 1. The number of H-pyrrole nitrogens is 1. The summed E-state index contributed by atoms with van der Waals surface area (Å²) in [5.41, 5.74) is 0.415. The molecule has 1 aromatic heterocycles. The van der Waals surface area contributed by atoms with Gasteiger partial charge in [-0.05, 0) is 18.2 Å². The molecule has 0 radical (unpaired) electrons. The second kappa shape index (κ2) is 4.50. The van der Waals surface area contributed by atoms with Crippen LogP contribution < -0.4 is 0 Å². The molecule has 1 N–H and O–H groups in total. The Morgan fingerprint density at radius 3 is 2.94 bits per heavy atom. The van der Waals surface area contributed by atoms with Crippen molar-refractivity contribution in [2.45, 2.75) is 0 Å². The normalized spacial score (nSPS) is 10.3. The third kappa shape index (κ3) is 2.26. The highest BCUT2D eigenvalue weighted by atomic mass is 35.5. The van der Waals surface area contributed by atoms with Gasteiger partial charge in [0.1, 0.15) is 5.82 Å². The van der Waals surface area contributed by atoms with Crippen molar-refractivity contribution in [1.29, 1.82) is 0 Å². The fourth-order valence-corrected chi connectivity index (χ4v) is 1.33. The smallest absolute Gasteiger partial charge is 0.375 e. The number of hydrogen-bond donors (Lipinski definition) is 1. The maximum absolute atomic E-state index is 13.2. The number of esters is 1. The molecule has 0 atom stereocenters. The zero-order valence-corrected chi connectivity index (χ0v) is 9.45. The van der Waals surface area contributed by atoms with E-state index < -0.39 is 11.8 Å². The van der Waals surface area contributed by atoms with Crippen molar-refractivity contribution >= 4 is 17.6 Å². The summed E-state index contributed by atoms with van der Waals surface area (Å²) in [5.74, 6) is -1.06. The number of carbonyl (C=O) groups excluding carboxylic acids is 1. The third-order valence-electron chi connectivity index (χ3n) is 2.04. The molecule has 1 heterocycles. The Kier molecular flexibility index (Phi) is 3.06. The van der Waals surface area contributed by atoms with Crippen LogP contribution >= 0.6 is 11.6 Å². The maximum Gasteiger partial charge on any atom is 0.375 e. The predicted octanol–water partition coefficient (Wildman–Crippen LogP) is 2.05. The maximum atomic E-state index is 13.2. The molecule has 0 aliphatic rings. The molecule has 17 heavy (non-hydrogen) atoms. The van der Waals surface area contributed by atoms with Gasteiger partial charge in [-0.2, -0.15) is 5.10 Å². The second-order valence-electron chi connectivity index (χ2n) is 3.13. The molecular formula is C10H7ClFN3O2. The van der Waals surface area contributed by atoms with E-state index in [-0.39, 0.29) is 16.7 Å². The molecule has 0 saturated heterocycles. The van der Waals surface area contributed by atoms with Crippen molar-refractivity contribution in [2.75, 3.05) is 7.11 Å². The summed E-state index contributed by atoms with van der Waals surface area (Å²) in [6.45, 7) is 0. The van der Waals surface area contributed by atoms with Crippen LogP contribution in [-0.4, -0.2) is 28.3 Å². The molecule has 0 fully saturated rings. The molecular weight excluding hydrogens is 249 g/mol. The minimum absolute atomic E-state index is 0.0116. The SMILES string of the molecule is COC(=O)c1nc(-c2ccc(Cl)c(F)c2)n[nH]1. The molecule has 1 aromatic carbocycles. The van der Waals surface area contributed by atoms with E-state index in [9.17, 15) is 9.18 Å². The average molecular weight is 256 g/mol. The first-order chi connectivity index (χ1) is 8.11. The molecule has 2 aromatic rings. The zero-order valence-electron chi connectivity index (χ0n) is 8.70. The second-order valence-corrected chi connectivity index (χ2v) is 3.54. The van der Waals surface area contributed by atoms with Crippen molar-refractivity contribution in [2.24, 2.45) is 0 Å². The summed E-state index contributed by atoms with van der Waals surface area (Å²) in [6, 6.07) is 4.13. The Hall–Kier alpha value is -1.95. The van der Waals surface area contributed by atoms with Crippen LogP contribution in [-0.2, 0) is 4.74 Å². The van der Waals surface area contributed by atoms with Gasteiger partial charge in [-0.1, -0.05) is 11.6 Å². The zero-order chi connectivity index (χ0) is 12.4. The van der Waals surface area contributed by atoms with Crippen molar-refractivity contribution in [1.82, 2.24) is 15.2 Å². The van der Waals surface area contributed by atoms with Crippen LogP contribution in [0.4, 0.5) is 4.39 Å². The molecule has 7 heteroatoms. The van der Waals surface area contributed by atoms with Gasteiger partial charge < -0.3 is 4.74 Å². The molecule has 0 spiro atoms. The lowest BCUT2D eigenvalue weighted by atomic mass is 10.2. The van der Waals surface area contributed by atoms with Gasteiger partial charge in [-0.3, -0.25) is 5.10 Å². The van der Waals surface area contributed by atoms with Crippen LogP contribution in [0, 0.1) is 5.82 Å². The molecule has 2 rings (SSSR count). The number of carbonyl (C=O) groups is 1. The monoisotopic (exact) mass is 255 g/mol. The summed E-state index contributed by atoms with van der Waals surface area (Å²) in [5, 5.41) is 6.19. The molecule has 0 aliphatic carbocycles. The number of halogens is 2. The minimum Gasteiger partial charge on any atom is -0.463 e. The van der Waals surface area contributed by atoms with E-state index in [1.165, 1.54) is 19.2 Å². The van der Waals surface area contributed by atoms with Gasteiger partial charge in [0, 0.05) is 5.56 Å². The molecule has 0 aliphatic heterocycles. The lowest BCUT2D eigenvalue weighted by molar-refractivity contribution is 0.0587. The van der Waals surface area contributed by atoms with E-state index in [1.54, 1.807) is 6.07 Å². The number of nitrogens with zero attached hydrogens (tertiary/aromatic N) is 2. The first kappa shape index (κ1) is 11.5. The predicted molar refractivity (Wildman–Crippen MR) is 58.1 cm³/mol.